The molecule has 1 aliphatic rings. The number of furan rings is 1. The van der Waals surface area contributed by atoms with Crippen molar-refractivity contribution in [3.05, 3.63) is 101 Å². The number of hydrogen-bond donors (Lipinski definition) is 0. The Morgan fingerprint density at radius 2 is 1.68 bits per heavy atom. The molecule has 3 heterocycles. The standard InChI is InChI=1S/C27H29FN4OS/c1-20-7-12-25(33-20)18-31-15-13-23(14-16-31)26-29-30-27(32(26)17-21-5-3-2-4-6-21)34-19-22-8-10-24(28)11-9-22/h2-12,23H,13-19H2,1H3. The Bertz CT molecular complexity index is 1200. The monoisotopic (exact) mass is 476 g/mol. The first-order chi connectivity index (χ1) is 16.6. The first-order valence-electron chi connectivity index (χ1n) is 11.8. The fourth-order valence-electron chi connectivity index (χ4n) is 4.49. The minimum atomic E-state index is -0.211. The number of thioether (sulfide) groups is 1. The number of aryl methyl sites for hydroxylation is 1. The van der Waals surface area contributed by atoms with Crippen LogP contribution in [-0.2, 0) is 18.8 Å². The van der Waals surface area contributed by atoms with E-state index >= 15 is 0 Å². The van der Waals surface area contributed by atoms with Gasteiger partial charge in [-0.15, -0.1) is 10.2 Å². The highest BCUT2D eigenvalue weighted by Gasteiger charge is 2.27. The lowest BCUT2D eigenvalue weighted by molar-refractivity contribution is 0.186. The minimum Gasteiger partial charge on any atom is -0.465 e. The average molecular weight is 477 g/mol. The fraction of sp³-hybridized carbons (Fsp3) is 0.333. The van der Waals surface area contributed by atoms with E-state index in [0.717, 1.165) is 72.8 Å². The number of likely N-dealkylation sites (tertiary alicyclic amines) is 1. The summed E-state index contributed by atoms with van der Waals surface area (Å²) in [5.41, 5.74) is 2.31. The zero-order valence-corrected chi connectivity index (χ0v) is 20.2. The number of benzene rings is 2. The summed E-state index contributed by atoms with van der Waals surface area (Å²) in [6.45, 7) is 5.62. The highest BCUT2D eigenvalue weighted by molar-refractivity contribution is 7.98. The second-order valence-corrected chi connectivity index (χ2v) is 9.83. The fourth-order valence-corrected chi connectivity index (χ4v) is 5.39. The molecule has 2 aromatic heterocycles. The van der Waals surface area contributed by atoms with Crippen LogP contribution in [0.4, 0.5) is 4.39 Å². The van der Waals surface area contributed by atoms with E-state index in [1.165, 1.54) is 17.7 Å². The predicted molar refractivity (Wildman–Crippen MR) is 132 cm³/mol. The van der Waals surface area contributed by atoms with Crippen LogP contribution in [0.25, 0.3) is 0 Å². The van der Waals surface area contributed by atoms with Crippen LogP contribution in [0.15, 0.2) is 76.3 Å². The molecule has 176 valence electrons. The largest absolute Gasteiger partial charge is 0.465 e. The van der Waals surface area contributed by atoms with Gasteiger partial charge in [-0.1, -0.05) is 54.2 Å². The molecule has 7 heteroatoms. The lowest BCUT2D eigenvalue weighted by atomic mass is 9.95. The summed E-state index contributed by atoms with van der Waals surface area (Å²) in [6, 6.07) is 21.2. The first-order valence-corrected chi connectivity index (χ1v) is 12.7. The maximum atomic E-state index is 13.3. The number of aromatic nitrogens is 3. The van der Waals surface area contributed by atoms with E-state index in [2.05, 4.69) is 50.0 Å². The summed E-state index contributed by atoms with van der Waals surface area (Å²) in [6.07, 6.45) is 2.10. The molecule has 4 aromatic rings. The van der Waals surface area contributed by atoms with Gasteiger partial charge in [0.2, 0.25) is 0 Å². The molecule has 1 aliphatic heterocycles. The van der Waals surface area contributed by atoms with Crippen molar-refractivity contribution >= 4 is 11.8 Å². The maximum Gasteiger partial charge on any atom is 0.191 e. The van der Waals surface area contributed by atoms with E-state index < -0.39 is 0 Å². The van der Waals surface area contributed by atoms with Crippen molar-refractivity contribution in [2.45, 2.75) is 49.7 Å². The molecule has 2 aromatic carbocycles. The van der Waals surface area contributed by atoms with Gasteiger partial charge < -0.3 is 8.98 Å². The van der Waals surface area contributed by atoms with Crippen molar-refractivity contribution < 1.29 is 8.81 Å². The molecule has 34 heavy (non-hydrogen) atoms. The first kappa shape index (κ1) is 22.9. The van der Waals surface area contributed by atoms with E-state index in [9.17, 15) is 4.39 Å². The minimum absolute atomic E-state index is 0.211. The zero-order chi connectivity index (χ0) is 23.3. The van der Waals surface area contributed by atoms with Gasteiger partial charge in [0.1, 0.15) is 23.2 Å². The Kier molecular flexibility index (Phi) is 7.11. The van der Waals surface area contributed by atoms with Crippen molar-refractivity contribution in [2.24, 2.45) is 0 Å². The lowest BCUT2D eigenvalue weighted by Crippen LogP contribution is -2.33. The molecule has 0 atom stereocenters. The zero-order valence-electron chi connectivity index (χ0n) is 19.4. The topological polar surface area (TPSA) is 47.1 Å². The summed E-state index contributed by atoms with van der Waals surface area (Å²) < 4.78 is 21.3. The Morgan fingerprint density at radius 1 is 0.912 bits per heavy atom. The molecule has 0 amide bonds. The van der Waals surface area contributed by atoms with Crippen LogP contribution in [0, 0.1) is 12.7 Å². The van der Waals surface area contributed by atoms with Gasteiger partial charge >= 0.3 is 0 Å². The third-order valence-corrected chi connectivity index (χ3v) is 7.38. The summed E-state index contributed by atoms with van der Waals surface area (Å²) >= 11 is 1.66. The molecule has 5 nitrogen and oxygen atoms in total. The average Bonchev–Trinajstić information content (AvgIpc) is 3.45. The van der Waals surface area contributed by atoms with Gasteiger partial charge in [-0.3, -0.25) is 4.90 Å². The van der Waals surface area contributed by atoms with E-state index in [4.69, 9.17) is 4.42 Å². The molecule has 0 saturated carbocycles. The summed E-state index contributed by atoms with van der Waals surface area (Å²) in [4.78, 5) is 2.46. The smallest absolute Gasteiger partial charge is 0.191 e. The molecule has 0 spiro atoms. The molecular formula is C27H29FN4OS. The quantitative estimate of drug-likeness (QED) is 0.290. The Hall–Kier alpha value is -2.90. The number of nitrogens with zero attached hydrogens (tertiary/aromatic N) is 4. The van der Waals surface area contributed by atoms with Gasteiger partial charge in [0.05, 0.1) is 13.1 Å². The SMILES string of the molecule is Cc1ccc(CN2CCC(c3nnc(SCc4ccc(F)cc4)n3Cc3ccccc3)CC2)o1. The Labute approximate surface area is 204 Å². The molecule has 0 aliphatic carbocycles. The van der Waals surface area contributed by atoms with Crippen LogP contribution in [0.1, 0.15) is 47.2 Å². The van der Waals surface area contributed by atoms with Crippen LogP contribution in [0.5, 0.6) is 0 Å². The predicted octanol–water partition coefficient (Wildman–Crippen LogP) is 6.04. The van der Waals surface area contributed by atoms with Crippen LogP contribution >= 0.6 is 11.8 Å². The van der Waals surface area contributed by atoms with Gasteiger partial charge in [-0.2, -0.15) is 0 Å². The third kappa shape index (κ3) is 5.59. The second kappa shape index (κ2) is 10.6. The summed E-state index contributed by atoms with van der Waals surface area (Å²) in [5, 5.41) is 10.2. The number of piperidine rings is 1. The summed E-state index contributed by atoms with van der Waals surface area (Å²) in [5.74, 6) is 3.96. The van der Waals surface area contributed by atoms with Gasteiger partial charge in [-0.05, 0) is 68.2 Å². The molecule has 0 radical (unpaired) electrons. The van der Waals surface area contributed by atoms with Crippen LogP contribution < -0.4 is 0 Å². The molecule has 1 saturated heterocycles. The normalized spacial score (nSPS) is 15.1. The molecule has 5 rings (SSSR count). The highest BCUT2D eigenvalue weighted by atomic mass is 32.2. The Morgan fingerprint density at radius 3 is 2.38 bits per heavy atom. The second-order valence-electron chi connectivity index (χ2n) is 8.89. The van der Waals surface area contributed by atoms with E-state index in [1.807, 2.05) is 31.2 Å². The van der Waals surface area contributed by atoms with Gasteiger partial charge in [-0.25, -0.2) is 4.39 Å². The molecule has 0 N–H and O–H groups in total. The van der Waals surface area contributed by atoms with Crippen molar-refractivity contribution in [3.63, 3.8) is 0 Å². The van der Waals surface area contributed by atoms with Crippen molar-refractivity contribution in [3.8, 4) is 0 Å². The lowest BCUT2D eigenvalue weighted by Gasteiger charge is -2.31. The van der Waals surface area contributed by atoms with Gasteiger partial charge in [0.25, 0.3) is 0 Å². The van der Waals surface area contributed by atoms with E-state index in [0.29, 0.717) is 5.92 Å². The van der Waals surface area contributed by atoms with Crippen LogP contribution in [-0.4, -0.2) is 32.8 Å². The number of hydrogen-bond acceptors (Lipinski definition) is 5. The molecule has 1 fully saturated rings. The number of rotatable bonds is 8. The van der Waals surface area contributed by atoms with Gasteiger partial charge in [0.15, 0.2) is 5.16 Å². The maximum absolute atomic E-state index is 13.3. The molecule has 0 unspecified atom stereocenters. The summed E-state index contributed by atoms with van der Waals surface area (Å²) in [7, 11) is 0. The Balaban J connectivity index is 1.30. The van der Waals surface area contributed by atoms with Crippen molar-refractivity contribution in [1.82, 2.24) is 19.7 Å². The van der Waals surface area contributed by atoms with Crippen molar-refractivity contribution in [2.75, 3.05) is 13.1 Å². The van der Waals surface area contributed by atoms with Crippen LogP contribution in [0.2, 0.25) is 0 Å². The van der Waals surface area contributed by atoms with Gasteiger partial charge in [0, 0.05) is 11.7 Å². The molecule has 0 bridgehead atoms. The van der Waals surface area contributed by atoms with Crippen molar-refractivity contribution in [1.29, 1.82) is 0 Å². The van der Waals surface area contributed by atoms with E-state index in [-0.39, 0.29) is 5.82 Å². The molecular weight excluding hydrogens is 447 g/mol. The van der Waals surface area contributed by atoms with E-state index in [1.54, 1.807) is 11.8 Å². The highest BCUT2D eigenvalue weighted by Crippen LogP contribution is 2.31. The van der Waals surface area contributed by atoms with Crippen LogP contribution in [0.3, 0.4) is 0 Å². The third-order valence-electron chi connectivity index (χ3n) is 6.34. The number of halogens is 1.